The molecule has 3 aliphatic heterocycles. The maximum atomic E-state index is 5.53. The van der Waals surface area contributed by atoms with Gasteiger partial charge in [0.15, 0.2) is 0 Å². The number of likely N-dealkylation sites (tertiary alicyclic amines) is 1. The third-order valence-electron chi connectivity index (χ3n) is 6.82. The summed E-state index contributed by atoms with van der Waals surface area (Å²) in [5.74, 6) is 2.00. The van der Waals surface area contributed by atoms with Gasteiger partial charge in [0.1, 0.15) is 17.0 Å². The van der Waals surface area contributed by atoms with Crippen molar-refractivity contribution >= 4 is 27.4 Å². The first kappa shape index (κ1) is 17.8. The zero-order valence-corrected chi connectivity index (χ0v) is 17.1. The third-order valence-corrected chi connectivity index (χ3v) is 8.01. The second-order valence-electron chi connectivity index (χ2n) is 8.69. The molecule has 0 N–H and O–H groups in total. The fourth-order valence-electron chi connectivity index (χ4n) is 5.25. The van der Waals surface area contributed by atoms with E-state index in [-0.39, 0.29) is 0 Å². The minimum atomic E-state index is 0.464. The number of anilines is 1. The van der Waals surface area contributed by atoms with E-state index < -0.39 is 0 Å². The lowest BCUT2D eigenvalue weighted by molar-refractivity contribution is 0.0543. The van der Waals surface area contributed by atoms with Crippen molar-refractivity contribution in [3.63, 3.8) is 0 Å². The lowest BCUT2D eigenvalue weighted by Gasteiger charge is -2.29. The van der Waals surface area contributed by atoms with Gasteiger partial charge in [-0.05, 0) is 50.6 Å². The van der Waals surface area contributed by atoms with Crippen LogP contribution in [0.5, 0.6) is 0 Å². The summed E-state index contributed by atoms with van der Waals surface area (Å²) >= 11 is 1.82. The summed E-state index contributed by atoms with van der Waals surface area (Å²) in [7, 11) is 0. The highest BCUT2D eigenvalue weighted by Gasteiger charge is 2.44. The van der Waals surface area contributed by atoms with E-state index >= 15 is 0 Å². The van der Waals surface area contributed by atoms with Crippen LogP contribution >= 0.6 is 11.3 Å². The van der Waals surface area contributed by atoms with Crippen molar-refractivity contribution in [1.29, 1.82) is 0 Å². The van der Waals surface area contributed by atoms with Crippen molar-refractivity contribution in [3.05, 3.63) is 17.3 Å². The molecular formula is C21H30N4OS. The van der Waals surface area contributed by atoms with Gasteiger partial charge in [-0.1, -0.05) is 6.92 Å². The van der Waals surface area contributed by atoms with Gasteiger partial charge in [-0.15, -0.1) is 11.3 Å². The van der Waals surface area contributed by atoms with Crippen LogP contribution in [0.2, 0.25) is 0 Å². The molecule has 1 spiro atoms. The van der Waals surface area contributed by atoms with E-state index in [1.807, 2.05) is 11.3 Å². The fraction of sp³-hybridized carbons (Fsp3) is 0.714. The van der Waals surface area contributed by atoms with Crippen molar-refractivity contribution in [2.75, 3.05) is 50.8 Å². The van der Waals surface area contributed by atoms with Crippen molar-refractivity contribution in [2.24, 2.45) is 11.3 Å². The van der Waals surface area contributed by atoms with Gasteiger partial charge >= 0.3 is 0 Å². The Morgan fingerprint density at radius 1 is 1.19 bits per heavy atom. The highest BCUT2D eigenvalue weighted by atomic mass is 32.1. The van der Waals surface area contributed by atoms with Gasteiger partial charge in [0.25, 0.3) is 0 Å². The molecule has 3 fully saturated rings. The van der Waals surface area contributed by atoms with E-state index in [1.165, 1.54) is 55.6 Å². The molecule has 3 saturated heterocycles. The Kier molecular flexibility index (Phi) is 4.82. The molecule has 0 radical (unpaired) electrons. The lowest BCUT2D eigenvalue weighted by Crippen LogP contribution is -2.34. The molecule has 2 aromatic rings. The van der Waals surface area contributed by atoms with E-state index in [0.29, 0.717) is 5.41 Å². The molecule has 0 aliphatic carbocycles. The first-order valence-corrected chi connectivity index (χ1v) is 11.3. The summed E-state index contributed by atoms with van der Waals surface area (Å²) in [6, 6.07) is 2.31. The Bertz CT molecular complexity index is 803. The summed E-state index contributed by atoms with van der Waals surface area (Å²) in [6.45, 7) is 10.2. The molecule has 5 heterocycles. The summed E-state index contributed by atoms with van der Waals surface area (Å²) < 4.78 is 5.53. The van der Waals surface area contributed by atoms with Crippen molar-refractivity contribution < 1.29 is 4.74 Å². The summed E-state index contributed by atoms with van der Waals surface area (Å²) in [6.07, 6.45) is 7.95. The molecule has 0 unspecified atom stereocenters. The van der Waals surface area contributed by atoms with E-state index in [4.69, 9.17) is 9.72 Å². The van der Waals surface area contributed by atoms with Gasteiger partial charge in [-0.2, -0.15) is 0 Å². The quantitative estimate of drug-likeness (QED) is 0.803. The van der Waals surface area contributed by atoms with Crippen LogP contribution in [-0.2, 0) is 11.2 Å². The van der Waals surface area contributed by atoms with Crippen LogP contribution in [0.15, 0.2) is 12.4 Å². The van der Waals surface area contributed by atoms with Gasteiger partial charge in [-0.25, -0.2) is 9.97 Å². The smallest absolute Gasteiger partial charge is 0.140 e. The Labute approximate surface area is 165 Å². The molecule has 5 nitrogen and oxygen atoms in total. The molecule has 27 heavy (non-hydrogen) atoms. The van der Waals surface area contributed by atoms with Crippen LogP contribution in [-0.4, -0.2) is 60.8 Å². The standard InChI is InChI=1S/C21H30N4OS/c1-2-17-11-18-19(22-15-23-20(18)27-17)25-8-6-21(14-25)5-7-24(13-21)12-16-3-9-26-10-4-16/h11,15-16H,2-10,12-14H2,1H3/t21-/m1/s1. The normalized spacial score (nSPS) is 27.4. The van der Waals surface area contributed by atoms with Crippen LogP contribution in [0.1, 0.15) is 37.5 Å². The first-order valence-electron chi connectivity index (χ1n) is 10.5. The molecule has 1 atom stereocenters. The van der Waals surface area contributed by atoms with Crippen LogP contribution in [0.3, 0.4) is 0 Å². The average Bonchev–Trinajstić information content (AvgIpc) is 3.41. The molecule has 5 rings (SSSR count). The molecule has 6 heteroatoms. The van der Waals surface area contributed by atoms with E-state index in [1.54, 1.807) is 6.33 Å². The van der Waals surface area contributed by atoms with Gasteiger partial charge < -0.3 is 14.5 Å². The van der Waals surface area contributed by atoms with Gasteiger partial charge in [0, 0.05) is 49.7 Å². The first-order chi connectivity index (χ1) is 13.2. The summed E-state index contributed by atoms with van der Waals surface area (Å²) in [5, 5.41) is 1.26. The second kappa shape index (κ2) is 7.30. The SMILES string of the molecule is CCc1cc2c(N3CC[C@@]4(CCN(CC5CCOCC5)C4)C3)ncnc2s1. The predicted octanol–water partition coefficient (Wildman–Crippen LogP) is 3.58. The van der Waals surface area contributed by atoms with Crippen molar-refractivity contribution in [2.45, 2.75) is 39.0 Å². The molecule has 0 saturated carbocycles. The maximum absolute atomic E-state index is 5.53. The molecule has 3 aliphatic rings. The molecule has 146 valence electrons. The average molecular weight is 387 g/mol. The van der Waals surface area contributed by atoms with E-state index in [2.05, 4.69) is 27.8 Å². The predicted molar refractivity (Wildman–Crippen MR) is 111 cm³/mol. The lowest BCUT2D eigenvalue weighted by atomic mass is 9.86. The number of ether oxygens (including phenoxy) is 1. The largest absolute Gasteiger partial charge is 0.381 e. The van der Waals surface area contributed by atoms with Crippen LogP contribution in [0, 0.1) is 11.3 Å². The Hall–Kier alpha value is -1.24. The maximum Gasteiger partial charge on any atom is 0.140 e. The Balaban J connectivity index is 1.28. The summed E-state index contributed by atoms with van der Waals surface area (Å²) in [4.78, 5) is 17.0. The number of aromatic nitrogens is 2. The monoisotopic (exact) mass is 386 g/mol. The van der Waals surface area contributed by atoms with Crippen LogP contribution in [0.4, 0.5) is 5.82 Å². The number of hydrogen-bond acceptors (Lipinski definition) is 6. The molecule has 0 bridgehead atoms. The highest BCUT2D eigenvalue weighted by molar-refractivity contribution is 7.18. The number of thiophene rings is 1. The van der Waals surface area contributed by atoms with Crippen molar-refractivity contribution in [3.8, 4) is 0 Å². The van der Waals surface area contributed by atoms with Crippen LogP contribution < -0.4 is 4.90 Å². The van der Waals surface area contributed by atoms with Gasteiger partial charge in [0.2, 0.25) is 0 Å². The number of nitrogens with zero attached hydrogens (tertiary/aromatic N) is 4. The third kappa shape index (κ3) is 3.47. The summed E-state index contributed by atoms with van der Waals surface area (Å²) in [5.41, 5.74) is 0.464. The van der Waals surface area contributed by atoms with Gasteiger partial charge in [-0.3, -0.25) is 0 Å². The Morgan fingerprint density at radius 3 is 2.89 bits per heavy atom. The van der Waals surface area contributed by atoms with Crippen molar-refractivity contribution in [1.82, 2.24) is 14.9 Å². The molecule has 0 amide bonds. The number of fused-ring (bicyclic) bond motifs is 1. The van der Waals surface area contributed by atoms with E-state index in [0.717, 1.165) is 49.3 Å². The Morgan fingerprint density at radius 2 is 2.04 bits per heavy atom. The molecule has 2 aromatic heterocycles. The number of rotatable bonds is 4. The van der Waals surface area contributed by atoms with Gasteiger partial charge in [0.05, 0.1) is 5.39 Å². The van der Waals surface area contributed by atoms with Crippen LogP contribution in [0.25, 0.3) is 10.2 Å². The molecular weight excluding hydrogens is 356 g/mol. The minimum absolute atomic E-state index is 0.464. The zero-order valence-electron chi connectivity index (χ0n) is 16.3. The highest BCUT2D eigenvalue weighted by Crippen LogP contribution is 2.42. The topological polar surface area (TPSA) is 41.5 Å². The zero-order chi connectivity index (χ0) is 18.3. The minimum Gasteiger partial charge on any atom is -0.381 e. The number of hydrogen-bond donors (Lipinski definition) is 0. The second-order valence-corrected chi connectivity index (χ2v) is 9.81. The van der Waals surface area contributed by atoms with E-state index in [9.17, 15) is 0 Å². The molecule has 0 aromatic carbocycles. The fourth-order valence-corrected chi connectivity index (χ4v) is 6.18. The number of aryl methyl sites for hydroxylation is 1.